The lowest BCUT2D eigenvalue weighted by atomic mass is 10.0. The molecular weight excluding hydrogens is 537 g/mol. The zero-order valence-corrected chi connectivity index (χ0v) is 23.0. The van der Waals surface area contributed by atoms with Gasteiger partial charge in [-0.1, -0.05) is 31.2 Å². The minimum absolute atomic E-state index is 0.0527. The van der Waals surface area contributed by atoms with Crippen molar-refractivity contribution in [3.8, 4) is 5.75 Å². The molecule has 0 bridgehead atoms. The molecule has 2 aromatic heterocycles. The van der Waals surface area contributed by atoms with E-state index in [0.717, 1.165) is 43.5 Å². The lowest BCUT2D eigenvalue weighted by Crippen LogP contribution is -2.61. The van der Waals surface area contributed by atoms with Crippen LogP contribution in [0.2, 0.25) is 0 Å². The molecule has 0 saturated heterocycles. The quantitative estimate of drug-likeness (QED) is 0.176. The molecule has 9 nitrogen and oxygen atoms in total. The van der Waals surface area contributed by atoms with Gasteiger partial charge in [-0.3, -0.25) is 4.90 Å². The number of hydrogen-bond donors (Lipinski definition) is 3. The van der Waals surface area contributed by atoms with Gasteiger partial charge in [0.2, 0.25) is 5.82 Å². The highest BCUT2D eigenvalue weighted by atomic mass is 19.4. The summed E-state index contributed by atoms with van der Waals surface area (Å²) in [6, 6.07) is 14.5. The molecule has 41 heavy (non-hydrogen) atoms. The van der Waals surface area contributed by atoms with Crippen molar-refractivity contribution in [3.05, 3.63) is 71.8 Å². The van der Waals surface area contributed by atoms with Crippen LogP contribution < -0.4 is 15.4 Å². The highest BCUT2D eigenvalue weighted by Gasteiger charge is 2.44. The van der Waals surface area contributed by atoms with Gasteiger partial charge >= 0.3 is 12.1 Å². The van der Waals surface area contributed by atoms with Crippen LogP contribution in [0.5, 0.6) is 5.75 Å². The first-order chi connectivity index (χ1) is 19.7. The third kappa shape index (κ3) is 7.84. The Bertz CT molecular complexity index is 1290. The van der Waals surface area contributed by atoms with Gasteiger partial charge in [-0.05, 0) is 68.4 Å². The summed E-state index contributed by atoms with van der Waals surface area (Å²) in [4.78, 5) is 26.1. The molecule has 220 valence electrons. The monoisotopic (exact) mass is 572 g/mol. The Hall–Kier alpha value is -3.93. The molecule has 0 radical (unpaired) electrons. The summed E-state index contributed by atoms with van der Waals surface area (Å²) in [5, 5.41) is 16.6. The van der Waals surface area contributed by atoms with Crippen LogP contribution in [-0.4, -0.2) is 62.8 Å². The van der Waals surface area contributed by atoms with Gasteiger partial charge in [-0.15, -0.1) is 0 Å². The van der Waals surface area contributed by atoms with E-state index in [0.29, 0.717) is 25.1 Å². The van der Waals surface area contributed by atoms with Gasteiger partial charge < -0.3 is 20.5 Å². The molecule has 0 aliphatic carbocycles. The van der Waals surface area contributed by atoms with E-state index >= 15 is 0 Å². The van der Waals surface area contributed by atoms with E-state index in [9.17, 15) is 23.1 Å². The number of rotatable bonds is 14. The zero-order chi connectivity index (χ0) is 29.3. The normalized spacial score (nSPS) is 14.6. The van der Waals surface area contributed by atoms with E-state index in [-0.39, 0.29) is 25.4 Å². The summed E-state index contributed by atoms with van der Waals surface area (Å²) in [7, 11) is 0. The molecule has 0 amide bonds. The minimum Gasteiger partial charge on any atom is -0.492 e. The standard InChI is InChI=1S/C29H35F3N6O3/c1-2-28(27(39)40,37-24-15-17-34-26(36-24)29(30,31)32)38(19-20-41-23-11-4-3-5-12-23)18-7-6-10-22-14-13-21-9-8-16-33-25(21)35-22/h3-5,11-15,17H,2,6-10,16,18-20H2,1H3,(H,33,35)(H,39,40)(H,34,36,37). The second kappa shape index (κ2) is 13.6. The average molecular weight is 573 g/mol. The van der Waals surface area contributed by atoms with Crippen LogP contribution >= 0.6 is 0 Å². The van der Waals surface area contributed by atoms with Crippen molar-refractivity contribution >= 4 is 17.6 Å². The van der Waals surface area contributed by atoms with Gasteiger partial charge in [0.05, 0.1) is 0 Å². The van der Waals surface area contributed by atoms with E-state index in [2.05, 4.69) is 26.7 Å². The first-order valence-corrected chi connectivity index (χ1v) is 13.8. The molecule has 3 aromatic rings. The second-order valence-electron chi connectivity index (χ2n) is 9.85. The number of unbranched alkanes of at least 4 members (excludes halogenated alkanes) is 1. The number of ether oxygens (including phenoxy) is 1. The molecule has 3 N–H and O–H groups in total. The summed E-state index contributed by atoms with van der Waals surface area (Å²) in [5.41, 5.74) is 0.435. The van der Waals surface area contributed by atoms with Gasteiger partial charge in [-0.25, -0.2) is 19.7 Å². The summed E-state index contributed by atoms with van der Waals surface area (Å²) in [5.74, 6) is -1.23. The van der Waals surface area contributed by atoms with Gasteiger partial charge in [0.15, 0.2) is 5.66 Å². The smallest absolute Gasteiger partial charge is 0.451 e. The number of pyridine rings is 1. The van der Waals surface area contributed by atoms with Gasteiger partial charge in [0.25, 0.3) is 0 Å². The number of carbonyl (C=O) groups is 1. The number of aliphatic carboxylic acids is 1. The van der Waals surface area contributed by atoms with Crippen LogP contribution in [0.25, 0.3) is 0 Å². The maximum atomic E-state index is 13.3. The number of benzene rings is 1. The van der Waals surface area contributed by atoms with Crippen molar-refractivity contribution < 1.29 is 27.8 Å². The number of nitrogens with one attached hydrogen (secondary N) is 2. The van der Waals surface area contributed by atoms with E-state index in [4.69, 9.17) is 9.72 Å². The Morgan fingerprint density at radius 3 is 2.63 bits per heavy atom. The molecule has 1 atom stereocenters. The molecule has 0 fully saturated rings. The third-order valence-corrected chi connectivity index (χ3v) is 7.09. The topological polar surface area (TPSA) is 112 Å². The van der Waals surface area contributed by atoms with Crippen LogP contribution in [0.15, 0.2) is 54.7 Å². The van der Waals surface area contributed by atoms with Crippen LogP contribution in [-0.2, 0) is 23.8 Å². The van der Waals surface area contributed by atoms with Gasteiger partial charge in [0.1, 0.15) is 24.0 Å². The zero-order valence-electron chi connectivity index (χ0n) is 23.0. The van der Waals surface area contributed by atoms with Crippen molar-refractivity contribution in [2.75, 3.05) is 36.9 Å². The first-order valence-electron chi connectivity index (χ1n) is 13.8. The number of alkyl halides is 3. The maximum absolute atomic E-state index is 13.3. The molecule has 0 spiro atoms. The Balaban J connectivity index is 1.49. The summed E-state index contributed by atoms with van der Waals surface area (Å²) in [6.45, 7) is 3.31. The number of anilines is 2. The number of carboxylic acid groups (broad SMARTS) is 1. The highest BCUT2D eigenvalue weighted by Crippen LogP contribution is 2.29. The Labute approximate surface area is 237 Å². The van der Waals surface area contributed by atoms with E-state index in [1.54, 1.807) is 24.0 Å². The van der Waals surface area contributed by atoms with Crippen LogP contribution in [0.4, 0.5) is 24.8 Å². The minimum atomic E-state index is -4.76. The molecule has 1 aliphatic heterocycles. The molecule has 12 heteroatoms. The van der Waals surface area contributed by atoms with E-state index in [1.165, 1.54) is 11.6 Å². The number of hydrogen-bond acceptors (Lipinski definition) is 8. The molecule has 1 aliphatic rings. The number of halogens is 3. The van der Waals surface area contributed by atoms with Crippen molar-refractivity contribution in [2.45, 2.75) is 57.3 Å². The fourth-order valence-electron chi connectivity index (χ4n) is 4.91. The SMILES string of the molecule is CCC(Nc1ccnc(C(F)(F)F)n1)(C(=O)O)N(CCCCc1ccc2c(n1)NCCC2)CCOc1ccccc1. The summed E-state index contributed by atoms with van der Waals surface area (Å²) < 4.78 is 45.6. The number of para-hydroxylation sites is 1. The van der Waals surface area contributed by atoms with Crippen molar-refractivity contribution in [3.63, 3.8) is 0 Å². The van der Waals surface area contributed by atoms with Crippen molar-refractivity contribution in [2.24, 2.45) is 0 Å². The molecule has 1 unspecified atom stereocenters. The molecular formula is C29H35F3N6O3. The van der Waals surface area contributed by atoms with Crippen LogP contribution in [0.1, 0.15) is 49.7 Å². The molecule has 4 rings (SSSR count). The first kappa shape index (κ1) is 30.0. The molecule has 0 saturated carbocycles. The lowest BCUT2D eigenvalue weighted by Gasteiger charge is -2.41. The number of fused-ring (bicyclic) bond motifs is 1. The number of aryl methyl sites for hydroxylation is 2. The fraction of sp³-hybridized carbons (Fsp3) is 0.448. The highest BCUT2D eigenvalue weighted by molar-refractivity contribution is 5.81. The van der Waals surface area contributed by atoms with Crippen LogP contribution in [0, 0.1) is 0 Å². The predicted octanol–water partition coefficient (Wildman–Crippen LogP) is 5.26. The summed E-state index contributed by atoms with van der Waals surface area (Å²) in [6.07, 6.45) is 0.428. The van der Waals surface area contributed by atoms with Crippen LogP contribution in [0.3, 0.4) is 0 Å². The number of nitrogens with zero attached hydrogens (tertiary/aromatic N) is 4. The van der Waals surface area contributed by atoms with Gasteiger partial charge in [-0.2, -0.15) is 13.2 Å². The molecule has 1 aromatic carbocycles. The van der Waals surface area contributed by atoms with Crippen molar-refractivity contribution in [1.29, 1.82) is 0 Å². The Morgan fingerprint density at radius 1 is 1.10 bits per heavy atom. The van der Waals surface area contributed by atoms with Gasteiger partial charge in [0, 0.05) is 31.5 Å². The summed E-state index contributed by atoms with van der Waals surface area (Å²) >= 11 is 0. The number of carboxylic acids is 1. The van der Waals surface area contributed by atoms with E-state index in [1.807, 2.05) is 24.3 Å². The predicted molar refractivity (Wildman–Crippen MR) is 149 cm³/mol. The van der Waals surface area contributed by atoms with Crippen molar-refractivity contribution in [1.82, 2.24) is 19.9 Å². The largest absolute Gasteiger partial charge is 0.492 e. The maximum Gasteiger partial charge on any atom is 0.451 e. The Kier molecular flexibility index (Phi) is 9.98. The Morgan fingerprint density at radius 2 is 1.90 bits per heavy atom. The second-order valence-corrected chi connectivity index (χ2v) is 9.85. The molecule has 3 heterocycles. The third-order valence-electron chi connectivity index (χ3n) is 7.09. The number of aromatic nitrogens is 3. The fourth-order valence-corrected chi connectivity index (χ4v) is 4.91. The average Bonchev–Trinajstić information content (AvgIpc) is 2.97. The van der Waals surface area contributed by atoms with E-state index < -0.39 is 23.6 Å². The lowest BCUT2D eigenvalue weighted by molar-refractivity contribution is -0.150.